The molecule has 0 unspecified atom stereocenters. The van der Waals surface area contributed by atoms with Crippen LogP contribution in [0.25, 0.3) is 0 Å². The number of terminal acetylenes is 1. The molecule has 5 nitrogen and oxygen atoms in total. The highest BCUT2D eigenvalue weighted by Crippen LogP contribution is 2.23. The number of hydrogen-bond donors (Lipinski definition) is 1. The largest absolute Gasteiger partial charge is 0.507 e. The normalized spacial score (nSPS) is 10.3. The second kappa shape index (κ2) is 5.67. The average molecular weight is 266 g/mol. The molecule has 2 rings (SSSR count). The predicted molar refractivity (Wildman–Crippen MR) is 76.4 cm³/mol. The maximum absolute atomic E-state index is 10.6. The third-order valence-electron chi connectivity index (χ3n) is 2.59. The summed E-state index contributed by atoms with van der Waals surface area (Å²) >= 11 is 0. The Labute approximate surface area is 115 Å². The maximum Gasteiger partial charge on any atom is 0.273 e. The van der Waals surface area contributed by atoms with Crippen molar-refractivity contribution in [3.05, 3.63) is 63.7 Å². The SMILES string of the molecule is C#Cc1cccc(N=Cc2ccc([N+](=O)[O-])cc2O)c1. The van der Waals surface area contributed by atoms with Crippen LogP contribution in [0.1, 0.15) is 11.1 Å². The highest BCUT2D eigenvalue weighted by Gasteiger charge is 2.08. The Balaban J connectivity index is 2.27. The number of non-ortho nitro benzene ring substituents is 1. The zero-order valence-electron chi connectivity index (χ0n) is 10.4. The summed E-state index contributed by atoms with van der Waals surface area (Å²) in [7, 11) is 0. The summed E-state index contributed by atoms with van der Waals surface area (Å²) in [5, 5.41) is 20.2. The van der Waals surface area contributed by atoms with Crippen LogP contribution in [-0.2, 0) is 0 Å². The quantitative estimate of drug-likeness (QED) is 0.401. The van der Waals surface area contributed by atoms with Gasteiger partial charge in [-0.25, -0.2) is 0 Å². The van der Waals surface area contributed by atoms with Crippen LogP contribution in [-0.4, -0.2) is 16.2 Å². The fraction of sp³-hybridized carbons (Fsp3) is 0. The van der Waals surface area contributed by atoms with Crippen molar-refractivity contribution in [3.8, 4) is 18.1 Å². The van der Waals surface area contributed by atoms with Crippen molar-refractivity contribution in [3.63, 3.8) is 0 Å². The molecule has 0 fully saturated rings. The minimum Gasteiger partial charge on any atom is -0.507 e. The first-order chi connectivity index (χ1) is 9.60. The van der Waals surface area contributed by atoms with Crippen LogP contribution in [0, 0.1) is 22.5 Å². The Morgan fingerprint density at radius 2 is 2.10 bits per heavy atom. The van der Waals surface area contributed by atoms with E-state index in [9.17, 15) is 15.2 Å². The minimum atomic E-state index is -0.572. The smallest absolute Gasteiger partial charge is 0.273 e. The summed E-state index contributed by atoms with van der Waals surface area (Å²) in [5.41, 5.74) is 1.56. The van der Waals surface area contributed by atoms with E-state index in [0.717, 1.165) is 6.07 Å². The van der Waals surface area contributed by atoms with E-state index in [1.807, 2.05) is 0 Å². The molecule has 0 amide bonds. The van der Waals surface area contributed by atoms with E-state index in [1.54, 1.807) is 24.3 Å². The van der Waals surface area contributed by atoms with Crippen molar-refractivity contribution in [1.82, 2.24) is 0 Å². The van der Waals surface area contributed by atoms with Crippen molar-refractivity contribution in [2.45, 2.75) is 0 Å². The topological polar surface area (TPSA) is 75.7 Å². The molecule has 0 saturated carbocycles. The van der Waals surface area contributed by atoms with Gasteiger partial charge in [0.05, 0.1) is 16.7 Å². The first-order valence-corrected chi connectivity index (χ1v) is 5.68. The van der Waals surface area contributed by atoms with Crippen LogP contribution in [0.4, 0.5) is 11.4 Å². The molecule has 20 heavy (non-hydrogen) atoms. The third kappa shape index (κ3) is 3.00. The third-order valence-corrected chi connectivity index (χ3v) is 2.59. The molecule has 98 valence electrons. The number of phenolic OH excluding ortho intramolecular Hbond substituents is 1. The molecule has 0 aromatic heterocycles. The number of nitro benzene ring substituents is 1. The van der Waals surface area contributed by atoms with E-state index in [4.69, 9.17) is 6.42 Å². The molecule has 0 bridgehead atoms. The molecule has 5 heteroatoms. The summed E-state index contributed by atoms with van der Waals surface area (Å²) in [5.74, 6) is 2.30. The van der Waals surface area contributed by atoms with Gasteiger partial charge >= 0.3 is 0 Å². The zero-order chi connectivity index (χ0) is 14.5. The van der Waals surface area contributed by atoms with E-state index in [2.05, 4.69) is 10.9 Å². The highest BCUT2D eigenvalue weighted by atomic mass is 16.6. The molecule has 0 spiro atoms. The molecule has 0 aliphatic rings. The van der Waals surface area contributed by atoms with Gasteiger partial charge in [-0.15, -0.1) is 6.42 Å². The van der Waals surface area contributed by atoms with E-state index < -0.39 is 4.92 Å². The number of rotatable bonds is 3. The Bertz CT molecular complexity index is 730. The monoisotopic (exact) mass is 266 g/mol. The number of benzene rings is 2. The lowest BCUT2D eigenvalue weighted by atomic mass is 10.2. The fourth-order valence-electron chi connectivity index (χ4n) is 1.57. The summed E-state index contributed by atoms with van der Waals surface area (Å²) < 4.78 is 0. The van der Waals surface area contributed by atoms with Crippen LogP contribution >= 0.6 is 0 Å². The second-order valence-electron chi connectivity index (χ2n) is 3.95. The van der Waals surface area contributed by atoms with Gasteiger partial charge in [0, 0.05) is 23.4 Å². The van der Waals surface area contributed by atoms with Gasteiger partial charge in [-0.3, -0.25) is 15.1 Å². The van der Waals surface area contributed by atoms with Crippen LogP contribution in [0.15, 0.2) is 47.5 Å². The molecule has 0 atom stereocenters. The molecule has 2 aromatic carbocycles. The second-order valence-corrected chi connectivity index (χ2v) is 3.95. The standard InChI is InChI=1S/C15H10N2O3/c1-2-11-4-3-5-13(8-11)16-10-12-6-7-14(17(19)20)9-15(12)18/h1,3-10,18H. The number of nitro groups is 1. The number of nitrogens with zero attached hydrogens (tertiary/aromatic N) is 2. The number of aliphatic imine (C=N–C) groups is 1. The molecule has 0 radical (unpaired) electrons. The van der Waals surface area contributed by atoms with Crippen molar-refractivity contribution < 1.29 is 10.0 Å². The van der Waals surface area contributed by atoms with Gasteiger partial charge in [0.2, 0.25) is 0 Å². The minimum absolute atomic E-state index is 0.172. The summed E-state index contributed by atoms with van der Waals surface area (Å²) in [6.07, 6.45) is 6.71. The van der Waals surface area contributed by atoms with Crippen molar-refractivity contribution in [2.75, 3.05) is 0 Å². The van der Waals surface area contributed by atoms with Gasteiger partial charge in [0.1, 0.15) is 5.75 Å². The van der Waals surface area contributed by atoms with Gasteiger partial charge in [0.15, 0.2) is 0 Å². The number of aromatic hydroxyl groups is 1. The predicted octanol–water partition coefficient (Wildman–Crippen LogP) is 3.03. The van der Waals surface area contributed by atoms with Gasteiger partial charge in [-0.05, 0) is 24.3 Å². The molecule has 1 N–H and O–H groups in total. The van der Waals surface area contributed by atoms with Crippen molar-refractivity contribution >= 4 is 17.6 Å². The molecule has 0 aliphatic heterocycles. The summed E-state index contributed by atoms with van der Waals surface area (Å²) in [4.78, 5) is 14.2. The molecule has 2 aromatic rings. The Morgan fingerprint density at radius 1 is 1.30 bits per heavy atom. The van der Waals surface area contributed by atoms with Gasteiger partial charge < -0.3 is 5.11 Å². The molecular formula is C15H10N2O3. The zero-order valence-corrected chi connectivity index (χ0v) is 10.4. The van der Waals surface area contributed by atoms with Gasteiger partial charge in [-0.2, -0.15) is 0 Å². The van der Waals surface area contributed by atoms with Gasteiger partial charge in [0.25, 0.3) is 5.69 Å². The first-order valence-electron chi connectivity index (χ1n) is 5.68. The number of phenols is 1. The highest BCUT2D eigenvalue weighted by molar-refractivity contribution is 5.85. The van der Waals surface area contributed by atoms with Crippen LogP contribution < -0.4 is 0 Å². The van der Waals surface area contributed by atoms with Crippen LogP contribution in [0.3, 0.4) is 0 Å². The first kappa shape index (κ1) is 13.3. The van der Waals surface area contributed by atoms with E-state index in [0.29, 0.717) is 16.8 Å². The van der Waals surface area contributed by atoms with Crippen LogP contribution in [0.2, 0.25) is 0 Å². The fourth-order valence-corrected chi connectivity index (χ4v) is 1.57. The summed E-state index contributed by atoms with van der Waals surface area (Å²) in [6, 6.07) is 10.9. The molecular weight excluding hydrogens is 256 g/mol. The summed E-state index contributed by atoms with van der Waals surface area (Å²) in [6.45, 7) is 0. The molecule has 0 saturated heterocycles. The van der Waals surface area contributed by atoms with Crippen LogP contribution in [0.5, 0.6) is 5.75 Å². The Hall–Kier alpha value is -3.13. The molecule has 0 heterocycles. The maximum atomic E-state index is 10.6. The van der Waals surface area contributed by atoms with E-state index in [1.165, 1.54) is 18.3 Å². The Morgan fingerprint density at radius 3 is 2.75 bits per heavy atom. The van der Waals surface area contributed by atoms with E-state index in [-0.39, 0.29) is 11.4 Å². The van der Waals surface area contributed by atoms with E-state index >= 15 is 0 Å². The lowest BCUT2D eigenvalue weighted by Crippen LogP contribution is -1.89. The Kier molecular flexibility index (Phi) is 3.77. The van der Waals surface area contributed by atoms with Crippen molar-refractivity contribution in [2.24, 2.45) is 4.99 Å². The molecule has 0 aliphatic carbocycles. The lowest BCUT2D eigenvalue weighted by molar-refractivity contribution is -0.384. The van der Waals surface area contributed by atoms with Crippen molar-refractivity contribution in [1.29, 1.82) is 0 Å². The van der Waals surface area contributed by atoms with Gasteiger partial charge in [-0.1, -0.05) is 12.0 Å². The lowest BCUT2D eigenvalue weighted by Gasteiger charge is -1.99. The number of hydrogen-bond acceptors (Lipinski definition) is 4. The average Bonchev–Trinajstić information content (AvgIpc) is 2.46.